The van der Waals surface area contributed by atoms with Crippen LogP contribution in [0.2, 0.25) is 0 Å². The second kappa shape index (κ2) is 3.45. The number of nitriles is 1. The van der Waals surface area contributed by atoms with E-state index < -0.39 is 15.3 Å². The molecule has 0 saturated carbocycles. The molecular weight excluding hydrogens is 194 g/mol. The Morgan fingerprint density at radius 1 is 1.77 bits per heavy atom. The average Bonchev–Trinajstić information content (AvgIpc) is 2.54. The summed E-state index contributed by atoms with van der Waals surface area (Å²) in [4.78, 5) is 0. The predicted octanol–water partition coefficient (Wildman–Crippen LogP) is 0.328. The SMILES string of the molecule is CC(C#N)S(=O)(=O)Nc1cnoc1. The Balaban J connectivity index is 2.81. The number of nitrogens with zero attached hydrogens (tertiary/aromatic N) is 2. The maximum Gasteiger partial charge on any atom is 0.249 e. The minimum absolute atomic E-state index is 0.210. The van der Waals surface area contributed by atoms with Gasteiger partial charge in [0.2, 0.25) is 10.0 Å². The van der Waals surface area contributed by atoms with Crippen molar-refractivity contribution in [2.24, 2.45) is 0 Å². The first-order chi connectivity index (χ1) is 6.06. The third-order valence-corrected chi connectivity index (χ3v) is 2.90. The first-order valence-corrected chi connectivity index (χ1v) is 4.91. The van der Waals surface area contributed by atoms with Gasteiger partial charge in [-0.25, -0.2) is 8.42 Å². The zero-order chi connectivity index (χ0) is 9.90. The smallest absolute Gasteiger partial charge is 0.249 e. The minimum Gasteiger partial charge on any atom is -0.362 e. The standard InChI is InChI=1S/C6H7N3O3S/c1-5(2-7)13(10,11)9-6-3-8-12-4-6/h3-5,9H,1H3. The van der Waals surface area contributed by atoms with Crippen LogP contribution < -0.4 is 4.72 Å². The molecule has 0 aliphatic carbocycles. The molecule has 7 heteroatoms. The highest BCUT2D eigenvalue weighted by molar-refractivity contribution is 7.93. The highest BCUT2D eigenvalue weighted by atomic mass is 32.2. The van der Waals surface area contributed by atoms with Crippen LogP contribution >= 0.6 is 0 Å². The van der Waals surface area contributed by atoms with E-state index in [1.54, 1.807) is 6.07 Å². The van der Waals surface area contributed by atoms with Crippen molar-refractivity contribution in [1.82, 2.24) is 5.16 Å². The molecule has 0 fully saturated rings. The maximum absolute atomic E-state index is 11.2. The van der Waals surface area contributed by atoms with Crippen LogP contribution in [-0.2, 0) is 10.0 Å². The largest absolute Gasteiger partial charge is 0.362 e. The van der Waals surface area contributed by atoms with Gasteiger partial charge in [0.1, 0.15) is 12.0 Å². The average molecular weight is 201 g/mol. The Labute approximate surface area is 75.2 Å². The van der Waals surface area contributed by atoms with Gasteiger partial charge in [-0.15, -0.1) is 0 Å². The number of nitrogens with one attached hydrogen (secondary N) is 1. The van der Waals surface area contributed by atoms with E-state index in [2.05, 4.69) is 14.4 Å². The second-order valence-electron chi connectivity index (χ2n) is 2.33. The molecule has 0 amide bonds. The Bertz CT molecular complexity index is 403. The lowest BCUT2D eigenvalue weighted by Crippen LogP contribution is -2.23. The Morgan fingerprint density at radius 2 is 2.46 bits per heavy atom. The number of rotatable bonds is 3. The van der Waals surface area contributed by atoms with Crippen LogP contribution in [0.1, 0.15) is 6.92 Å². The molecule has 0 spiro atoms. The molecule has 1 aromatic heterocycles. The fourth-order valence-corrected chi connectivity index (χ4v) is 1.32. The summed E-state index contributed by atoms with van der Waals surface area (Å²) in [6.07, 6.45) is 2.35. The molecule has 13 heavy (non-hydrogen) atoms. The Kier molecular flexibility index (Phi) is 2.53. The van der Waals surface area contributed by atoms with Gasteiger partial charge in [-0.2, -0.15) is 5.26 Å². The molecule has 0 radical (unpaired) electrons. The first kappa shape index (κ1) is 9.54. The van der Waals surface area contributed by atoms with Crippen molar-refractivity contribution >= 4 is 15.7 Å². The fourth-order valence-electron chi connectivity index (χ4n) is 0.577. The zero-order valence-corrected chi connectivity index (χ0v) is 7.58. The van der Waals surface area contributed by atoms with Crippen molar-refractivity contribution < 1.29 is 12.9 Å². The molecule has 0 aliphatic rings. The molecule has 0 aromatic carbocycles. The van der Waals surface area contributed by atoms with E-state index >= 15 is 0 Å². The second-order valence-corrected chi connectivity index (χ2v) is 4.33. The van der Waals surface area contributed by atoms with Crippen molar-refractivity contribution in [3.63, 3.8) is 0 Å². The van der Waals surface area contributed by atoms with Crippen LogP contribution in [-0.4, -0.2) is 18.8 Å². The molecule has 0 aliphatic heterocycles. The van der Waals surface area contributed by atoms with E-state index in [1.165, 1.54) is 13.1 Å². The van der Waals surface area contributed by atoms with E-state index in [9.17, 15) is 8.42 Å². The van der Waals surface area contributed by atoms with Gasteiger partial charge >= 0.3 is 0 Å². The Hall–Kier alpha value is -1.55. The summed E-state index contributed by atoms with van der Waals surface area (Å²) in [6, 6.07) is 1.62. The molecule has 1 aromatic rings. The number of anilines is 1. The molecular formula is C6H7N3O3S. The highest BCUT2D eigenvalue weighted by Crippen LogP contribution is 2.09. The van der Waals surface area contributed by atoms with E-state index in [4.69, 9.17) is 5.26 Å². The molecule has 1 atom stereocenters. The van der Waals surface area contributed by atoms with Gasteiger partial charge in [0.05, 0.1) is 12.3 Å². The third-order valence-electron chi connectivity index (χ3n) is 1.34. The van der Waals surface area contributed by atoms with Gasteiger partial charge in [-0.05, 0) is 6.92 Å². The van der Waals surface area contributed by atoms with Crippen molar-refractivity contribution in [3.05, 3.63) is 12.5 Å². The summed E-state index contributed by atoms with van der Waals surface area (Å²) < 4.78 is 29.0. The molecule has 0 bridgehead atoms. The van der Waals surface area contributed by atoms with Crippen molar-refractivity contribution in [2.45, 2.75) is 12.2 Å². The van der Waals surface area contributed by atoms with Crippen LogP contribution in [0.15, 0.2) is 17.0 Å². The lowest BCUT2D eigenvalue weighted by Gasteiger charge is -2.05. The topological polar surface area (TPSA) is 96.0 Å². The molecule has 1 rings (SSSR count). The molecule has 0 saturated heterocycles. The van der Waals surface area contributed by atoms with Crippen LogP contribution in [0.25, 0.3) is 0 Å². The Morgan fingerprint density at radius 3 is 2.92 bits per heavy atom. The van der Waals surface area contributed by atoms with Crippen LogP contribution in [0.3, 0.4) is 0 Å². The van der Waals surface area contributed by atoms with Crippen molar-refractivity contribution in [3.8, 4) is 6.07 Å². The summed E-state index contributed by atoms with van der Waals surface area (Å²) in [6.45, 7) is 1.29. The molecule has 1 N–H and O–H groups in total. The van der Waals surface area contributed by atoms with Gasteiger partial charge in [0.25, 0.3) is 0 Å². The normalized spacial score (nSPS) is 13.2. The summed E-state index contributed by atoms with van der Waals surface area (Å²) in [5.41, 5.74) is 0.210. The summed E-state index contributed by atoms with van der Waals surface area (Å²) in [5.74, 6) is 0. The van der Waals surface area contributed by atoms with Crippen LogP contribution in [0, 0.1) is 11.3 Å². The van der Waals surface area contributed by atoms with Gasteiger partial charge in [-0.1, -0.05) is 5.16 Å². The fraction of sp³-hybridized carbons (Fsp3) is 0.333. The maximum atomic E-state index is 11.2. The molecule has 70 valence electrons. The zero-order valence-electron chi connectivity index (χ0n) is 6.76. The molecule has 6 nitrogen and oxygen atoms in total. The number of hydrogen-bond donors (Lipinski definition) is 1. The highest BCUT2D eigenvalue weighted by Gasteiger charge is 2.20. The number of hydrogen-bond acceptors (Lipinski definition) is 5. The quantitative estimate of drug-likeness (QED) is 0.760. The van der Waals surface area contributed by atoms with Gasteiger partial charge < -0.3 is 4.52 Å². The summed E-state index contributed by atoms with van der Waals surface area (Å²) in [7, 11) is -3.64. The van der Waals surface area contributed by atoms with Crippen molar-refractivity contribution in [2.75, 3.05) is 4.72 Å². The van der Waals surface area contributed by atoms with E-state index in [0.717, 1.165) is 6.26 Å². The number of sulfonamides is 1. The van der Waals surface area contributed by atoms with Crippen LogP contribution in [0.4, 0.5) is 5.69 Å². The van der Waals surface area contributed by atoms with Gasteiger partial charge in [0.15, 0.2) is 5.25 Å². The molecule has 1 heterocycles. The van der Waals surface area contributed by atoms with Gasteiger partial charge in [0, 0.05) is 0 Å². The van der Waals surface area contributed by atoms with E-state index in [0.29, 0.717) is 0 Å². The molecule has 1 unspecified atom stereocenters. The first-order valence-electron chi connectivity index (χ1n) is 3.37. The summed E-state index contributed by atoms with van der Waals surface area (Å²) in [5, 5.41) is 10.6. The summed E-state index contributed by atoms with van der Waals surface area (Å²) >= 11 is 0. The van der Waals surface area contributed by atoms with Gasteiger partial charge in [-0.3, -0.25) is 4.72 Å². The monoisotopic (exact) mass is 201 g/mol. The number of aromatic nitrogens is 1. The lowest BCUT2D eigenvalue weighted by atomic mass is 10.5. The van der Waals surface area contributed by atoms with E-state index in [1.807, 2.05) is 0 Å². The van der Waals surface area contributed by atoms with Crippen molar-refractivity contribution in [1.29, 1.82) is 5.26 Å². The third kappa shape index (κ3) is 2.19. The minimum atomic E-state index is -3.64. The van der Waals surface area contributed by atoms with E-state index in [-0.39, 0.29) is 5.69 Å². The predicted molar refractivity (Wildman–Crippen MR) is 44.1 cm³/mol. The van der Waals surface area contributed by atoms with Crippen LogP contribution in [0.5, 0.6) is 0 Å². The lowest BCUT2D eigenvalue weighted by molar-refractivity contribution is 0.420.